The predicted octanol–water partition coefficient (Wildman–Crippen LogP) is 3.03. The summed E-state index contributed by atoms with van der Waals surface area (Å²) in [5.74, 6) is 0.117. The maximum atomic E-state index is 11.3. The van der Waals surface area contributed by atoms with Crippen molar-refractivity contribution in [2.45, 2.75) is 2.83 Å². The van der Waals surface area contributed by atoms with E-state index in [1.807, 2.05) is 52.9 Å². The third kappa shape index (κ3) is 2.56. The summed E-state index contributed by atoms with van der Waals surface area (Å²) in [7, 11) is 0. The summed E-state index contributed by atoms with van der Waals surface area (Å²) < 4.78 is -0.123. The average molecular weight is 325 g/mol. The smallest absolute Gasteiger partial charge is 0.186 e. The van der Waals surface area contributed by atoms with Crippen molar-refractivity contribution in [1.82, 2.24) is 0 Å². The van der Waals surface area contributed by atoms with E-state index in [9.17, 15) is 4.79 Å². The molecule has 1 aromatic rings. The summed E-state index contributed by atoms with van der Waals surface area (Å²) in [5.41, 5.74) is 0.753. The first-order chi connectivity index (χ1) is 5.22. The van der Waals surface area contributed by atoms with Crippen LogP contribution in [0.4, 0.5) is 0 Å². The highest BCUT2D eigenvalue weighted by Crippen LogP contribution is 2.15. The lowest BCUT2D eigenvalue weighted by molar-refractivity contribution is 0.101. The van der Waals surface area contributed by atoms with Gasteiger partial charge in [0.05, 0.1) is 0 Å². The van der Waals surface area contributed by atoms with E-state index in [2.05, 4.69) is 15.9 Å². The molecule has 0 fully saturated rings. The summed E-state index contributed by atoms with van der Waals surface area (Å²) in [4.78, 5) is 11.3. The van der Waals surface area contributed by atoms with E-state index >= 15 is 0 Å². The molecule has 0 bridgehead atoms. The zero-order valence-electron chi connectivity index (χ0n) is 5.63. The van der Waals surface area contributed by atoms with Crippen LogP contribution in [0.25, 0.3) is 0 Å². The van der Waals surface area contributed by atoms with Crippen LogP contribution in [0, 0.1) is 0 Å². The minimum Gasteiger partial charge on any atom is -0.292 e. The van der Waals surface area contributed by atoms with Crippen molar-refractivity contribution in [2.24, 2.45) is 0 Å². The number of ketones is 1. The minimum atomic E-state index is -0.123. The van der Waals surface area contributed by atoms with Gasteiger partial charge in [-0.1, -0.05) is 68.9 Å². The Kier molecular flexibility index (Phi) is 3.51. The highest BCUT2D eigenvalue weighted by molar-refractivity contribution is 14.1. The second kappa shape index (κ2) is 4.21. The molecule has 0 heterocycles. The van der Waals surface area contributed by atoms with Crippen LogP contribution in [0.3, 0.4) is 0 Å². The van der Waals surface area contributed by atoms with Gasteiger partial charge in [-0.15, -0.1) is 0 Å². The standard InChI is InChI=1S/C8H6BrIO/c9-8(10)7(11)6-4-2-1-3-5-6/h1-5,8H. The lowest BCUT2D eigenvalue weighted by Gasteiger charge is -1.99. The Hall–Kier alpha value is 0.1000. The average Bonchev–Trinajstić information content (AvgIpc) is 2.05. The molecule has 0 saturated heterocycles. The number of carbonyl (C=O) groups is 1. The van der Waals surface area contributed by atoms with Crippen molar-refractivity contribution in [1.29, 1.82) is 0 Å². The fourth-order valence-corrected chi connectivity index (χ4v) is 1.35. The lowest BCUT2D eigenvalue weighted by Crippen LogP contribution is -2.05. The van der Waals surface area contributed by atoms with Gasteiger partial charge in [0, 0.05) is 5.56 Å². The Labute approximate surface area is 87.5 Å². The maximum absolute atomic E-state index is 11.3. The third-order valence-corrected chi connectivity index (χ3v) is 2.24. The van der Waals surface area contributed by atoms with Crippen molar-refractivity contribution in [3.8, 4) is 0 Å². The highest BCUT2D eigenvalue weighted by atomic mass is 127. The van der Waals surface area contributed by atoms with Crippen molar-refractivity contribution in [3.05, 3.63) is 35.9 Å². The van der Waals surface area contributed by atoms with E-state index in [1.54, 1.807) is 0 Å². The van der Waals surface area contributed by atoms with Gasteiger partial charge >= 0.3 is 0 Å². The van der Waals surface area contributed by atoms with Crippen LogP contribution < -0.4 is 0 Å². The minimum absolute atomic E-state index is 0.117. The Morgan fingerprint density at radius 3 is 2.36 bits per heavy atom. The number of hydrogen-bond acceptors (Lipinski definition) is 1. The normalized spacial score (nSPS) is 12.5. The summed E-state index contributed by atoms with van der Waals surface area (Å²) in [6.45, 7) is 0. The number of alkyl halides is 2. The molecule has 1 rings (SSSR count). The lowest BCUT2D eigenvalue weighted by atomic mass is 10.2. The summed E-state index contributed by atoms with van der Waals surface area (Å²) >= 11 is 5.25. The van der Waals surface area contributed by atoms with Gasteiger partial charge in [0.1, 0.15) is 2.83 Å². The van der Waals surface area contributed by atoms with E-state index < -0.39 is 0 Å². The first kappa shape index (κ1) is 9.19. The van der Waals surface area contributed by atoms with Crippen LogP contribution >= 0.6 is 38.5 Å². The van der Waals surface area contributed by atoms with E-state index in [4.69, 9.17) is 0 Å². The van der Waals surface area contributed by atoms with E-state index in [1.165, 1.54) is 0 Å². The van der Waals surface area contributed by atoms with Crippen LogP contribution in [0.15, 0.2) is 30.3 Å². The Morgan fingerprint density at radius 2 is 1.91 bits per heavy atom. The van der Waals surface area contributed by atoms with E-state index in [-0.39, 0.29) is 8.62 Å². The van der Waals surface area contributed by atoms with Gasteiger partial charge in [-0.05, 0) is 0 Å². The second-order valence-corrected chi connectivity index (χ2v) is 5.90. The molecule has 1 aromatic carbocycles. The Morgan fingerprint density at radius 1 is 1.36 bits per heavy atom. The van der Waals surface area contributed by atoms with Crippen LogP contribution in [-0.4, -0.2) is 8.62 Å². The van der Waals surface area contributed by atoms with Gasteiger partial charge in [0.25, 0.3) is 0 Å². The molecule has 0 aliphatic carbocycles. The molecule has 0 amide bonds. The van der Waals surface area contributed by atoms with E-state index in [0.29, 0.717) is 0 Å². The number of benzene rings is 1. The van der Waals surface area contributed by atoms with Crippen molar-refractivity contribution in [3.63, 3.8) is 0 Å². The summed E-state index contributed by atoms with van der Waals surface area (Å²) in [5, 5.41) is 0. The summed E-state index contributed by atoms with van der Waals surface area (Å²) in [6.07, 6.45) is 0. The second-order valence-electron chi connectivity index (χ2n) is 2.03. The monoisotopic (exact) mass is 324 g/mol. The molecule has 58 valence electrons. The molecule has 0 aromatic heterocycles. The molecule has 0 saturated carbocycles. The maximum Gasteiger partial charge on any atom is 0.186 e. The van der Waals surface area contributed by atoms with Crippen LogP contribution in [0.1, 0.15) is 10.4 Å². The van der Waals surface area contributed by atoms with Crippen molar-refractivity contribution < 1.29 is 4.79 Å². The van der Waals surface area contributed by atoms with Gasteiger partial charge < -0.3 is 0 Å². The van der Waals surface area contributed by atoms with E-state index in [0.717, 1.165) is 5.56 Å². The third-order valence-electron chi connectivity index (χ3n) is 1.26. The van der Waals surface area contributed by atoms with Crippen molar-refractivity contribution in [2.75, 3.05) is 0 Å². The summed E-state index contributed by atoms with van der Waals surface area (Å²) in [6, 6.07) is 9.25. The van der Waals surface area contributed by atoms with Gasteiger partial charge in [0.15, 0.2) is 5.78 Å². The first-order valence-corrected chi connectivity index (χ1v) is 5.25. The number of halogens is 2. The first-order valence-electron chi connectivity index (χ1n) is 3.09. The predicted molar refractivity (Wildman–Crippen MR) is 57.5 cm³/mol. The zero-order chi connectivity index (χ0) is 8.27. The topological polar surface area (TPSA) is 17.1 Å². The fraction of sp³-hybridized carbons (Fsp3) is 0.125. The van der Waals surface area contributed by atoms with Gasteiger partial charge in [-0.25, -0.2) is 0 Å². The molecule has 0 aliphatic rings. The molecule has 1 unspecified atom stereocenters. The molecule has 0 spiro atoms. The van der Waals surface area contributed by atoms with Gasteiger partial charge in [-0.2, -0.15) is 0 Å². The number of rotatable bonds is 2. The Balaban J connectivity index is 2.86. The number of Topliss-reactive ketones (excluding diaryl/α,β-unsaturated/α-hetero) is 1. The molecule has 3 heteroatoms. The molecule has 1 atom stereocenters. The number of carbonyl (C=O) groups excluding carboxylic acids is 1. The fourth-order valence-electron chi connectivity index (χ4n) is 0.728. The van der Waals surface area contributed by atoms with Crippen LogP contribution in [0.2, 0.25) is 0 Å². The van der Waals surface area contributed by atoms with Crippen LogP contribution in [-0.2, 0) is 0 Å². The molecule has 11 heavy (non-hydrogen) atoms. The van der Waals surface area contributed by atoms with Crippen molar-refractivity contribution >= 4 is 44.3 Å². The van der Waals surface area contributed by atoms with Gasteiger partial charge in [0.2, 0.25) is 0 Å². The molecule has 1 nitrogen and oxygen atoms in total. The Bertz CT molecular complexity index is 246. The molecule has 0 aliphatic heterocycles. The number of hydrogen-bond donors (Lipinski definition) is 0. The molecule has 0 radical (unpaired) electrons. The molecule has 0 N–H and O–H groups in total. The quantitative estimate of drug-likeness (QED) is 0.464. The molecular weight excluding hydrogens is 319 g/mol. The largest absolute Gasteiger partial charge is 0.292 e. The molecular formula is C8H6BrIO. The zero-order valence-corrected chi connectivity index (χ0v) is 9.37. The van der Waals surface area contributed by atoms with Crippen LogP contribution in [0.5, 0.6) is 0 Å². The van der Waals surface area contributed by atoms with Gasteiger partial charge in [-0.3, -0.25) is 4.79 Å². The highest BCUT2D eigenvalue weighted by Gasteiger charge is 2.11. The SMILES string of the molecule is O=C(c1ccccc1)C(Br)I.